The molecule has 0 radical (unpaired) electrons. The fraction of sp³-hybridized carbons (Fsp3) is 0.257. The molecule has 1 aromatic heterocycles. The fourth-order valence-corrected chi connectivity index (χ4v) is 5.93. The summed E-state index contributed by atoms with van der Waals surface area (Å²) in [4.78, 5) is 45.6. The Kier molecular flexibility index (Phi) is 10.4. The van der Waals surface area contributed by atoms with Crippen LogP contribution in [-0.2, 0) is 16.2 Å². The summed E-state index contributed by atoms with van der Waals surface area (Å²) in [5.74, 6) is -0.405. The van der Waals surface area contributed by atoms with Gasteiger partial charge < -0.3 is 25.2 Å². The minimum Gasteiger partial charge on any atom is -0.487 e. The lowest BCUT2D eigenvalue weighted by molar-refractivity contribution is -0.122. The van der Waals surface area contributed by atoms with E-state index in [2.05, 4.69) is 27.7 Å². The molecule has 11 heteroatoms. The van der Waals surface area contributed by atoms with Crippen LogP contribution in [0.5, 0.6) is 5.75 Å². The lowest BCUT2D eigenvalue weighted by Gasteiger charge is -2.22. The number of ether oxygens (including phenoxy) is 1. The molecule has 0 atom stereocenters. The molecule has 2 heterocycles. The van der Waals surface area contributed by atoms with Crippen LogP contribution in [0.1, 0.15) is 40.0 Å². The Morgan fingerprint density at radius 1 is 1.04 bits per heavy atom. The molecule has 9 nitrogen and oxygen atoms in total. The van der Waals surface area contributed by atoms with Crippen molar-refractivity contribution in [2.24, 2.45) is 0 Å². The van der Waals surface area contributed by atoms with Gasteiger partial charge in [-0.15, -0.1) is 0 Å². The molecule has 3 aromatic carbocycles. The first-order valence-corrected chi connectivity index (χ1v) is 15.7. The van der Waals surface area contributed by atoms with Gasteiger partial charge in [0.2, 0.25) is 11.8 Å². The normalized spacial score (nSPS) is 12.8. The van der Waals surface area contributed by atoms with E-state index >= 15 is 0 Å². The number of carbonyl (C=O) groups is 3. The lowest BCUT2D eigenvalue weighted by Crippen LogP contribution is -2.37. The van der Waals surface area contributed by atoms with Gasteiger partial charge in [0, 0.05) is 66.2 Å². The van der Waals surface area contributed by atoms with E-state index in [4.69, 9.17) is 32.9 Å². The van der Waals surface area contributed by atoms with Crippen LogP contribution >= 0.6 is 23.2 Å². The summed E-state index contributed by atoms with van der Waals surface area (Å²) in [6.07, 6.45) is 5.26. The Balaban J connectivity index is 1.24. The molecule has 4 aromatic rings. The molecule has 0 spiro atoms. The van der Waals surface area contributed by atoms with Gasteiger partial charge in [-0.1, -0.05) is 47.5 Å². The maximum Gasteiger partial charge on any atom is 0.251 e. The van der Waals surface area contributed by atoms with Crippen molar-refractivity contribution in [1.82, 2.24) is 15.6 Å². The molecule has 0 bridgehead atoms. The number of para-hydroxylation sites is 1. The minimum atomic E-state index is -0.444. The smallest absolute Gasteiger partial charge is 0.251 e. The molecule has 0 aliphatic carbocycles. The second kappa shape index (κ2) is 14.7. The number of benzene rings is 3. The zero-order valence-corrected chi connectivity index (χ0v) is 27.4. The SMILES string of the molecule is CNC(=O)c1ccc(C=CC(=O)NCC(=O)N(C)c2ccc(Cl)c(COc3cccc4c(N5CCCC5)cc(C)nc34)c2Cl)cc1. The maximum absolute atomic E-state index is 13.0. The van der Waals surface area contributed by atoms with Crippen LogP contribution in [0.4, 0.5) is 11.4 Å². The summed E-state index contributed by atoms with van der Waals surface area (Å²) in [7, 11) is 3.14. The van der Waals surface area contributed by atoms with Gasteiger partial charge in [-0.25, -0.2) is 4.98 Å². The van der Waals surface area contributed by atoms with Gasteiger partial charge in [0.25, 0.3) is 5.91 Å². The number of anilines is 2. The van der Waals surface area contributed by atoms with Crippen molar-refractivity contribution in [3.8, 4) is 5.75 Å². The van der Waals surface area contributed by atoms with E-state index < -0.39 is 5.91 Å². The second-order valence-corrected chi connectivity index (χ2v) is 11.8. The van der Waals surface area contributed by atoms with Crippen LogP contribution in [0.15, 0.2) is 66.7 Å². The summed E-state index contributed by atoms with van der Waals surface area (Å²) in [6, 6.07) is 18.1. The van der Waals surface area contributed by atoms with Crippen molar-refractivity contribution < 1.29 is 19.1 Å². The molecule has 3 amide bonds. The number of halogens is 2. The molecule has 2 N–H and O–H groups in total. The van der Waals surface area contributed by atoms with E-state index in [1.165, 1.54) is 23.8 Å². The topological polar surface area (TPSA) is 104 Å². The predicted molar refractivity (Wildman–Crippen MR) is 184 cm³/mol. The van der Waals surface area contributed by atoms with Gasteiger partial charge in [0.1, 0.15) is 17.9 Å². The molecule has 1 aliphatic heterocycles. The highest BCUT2D eigenvalue weighted by atomic mass is 35.5. The molecule has 238 valence electrons. The standard InChI is InChI=1S/C35H35Cl2N5O4/c1-22-19-29(42-17-4-5-18-42)25-7-6-8-30(34(25)40-22)46-21-26-27(36)14-15-28(33(26)37)41(3)32(44)20-39-31(43)16-11-23-9-12-24(13-10-23)35(45)38-2/h6-16,19H,4-5,17-18,20-21H2,1-3H3,(H,38,45)(H,39,43). The number of nitrogens with one attached hydrogen (secondary N) is 2. The Bertz CT molecular complexity index is 1800. The van der Waals surface area contributed by atoms with Gasteiger partial charge in [-0.05, 0) is 67.8 Å². The third-order valence-electron chi connectivity index (χ3n) is 7.87. The average molecular weight is 661 g/mol. The number of aromatic nitrogens is 1. The highest BCUT2D eigenvalue weighted by Crippen LogP contribution is 2.37. The summed E-state index contributed by atoms with van der Waals surface area (Å²) in [5, 5.41) is 6.85. The summed E-state index contributed by atoms with van der Waals surface area (Å²) < 4.78 is 6.26. The largest absolute Gasteiger partial charge is 0.487 e. The van der Waals surface area contributed by atoms with Crippen LogP contribution in [0.25, 0.3) is 17.0 Å². The number of amides is 3. The molecule has 1 fully saturated rings. The van der Waals surface area contributed by atoms with Crippen molar-refractivity contribution in [2.75, 3.05) is 43.5 Å². The monoisotopic (exact) mass is 659 g/mol. The first-order chi connectivity index (χ1) is 22.2. The number of pyridine rings is 1. The molecule has 1 saturated heterocycles. The van der Waals surface area contributed by atoms with Crippen LogP contribution in [0.2, 0.25) is 10.0 Å². The lowest BCUT2D eigenvalue weighted by atomic mass is 10.1. The van der Waals surface area contributed by atoms with Crippen LogP contribution in [0.3, 0.4) is 0 Å². The second-order valence-electron chi connectivity index (χ2n) is 11.0. The average Bonchev–Trinajstić information content (AvgIpc) is 3.60. The van der Waals surface area contributed by atoms with E-state index in [9.17, 15) is 14.4 Å². The zero-order valence-electron chi connectivity index (χ0n) is 25.9. The molecule has 46 heavy (non-hydrogen) atoms. The molecule has 1 aliphatic rings. The van der Waals surface area contributed by atoms with Crippen molar-refractivity contribution in [1.29, 1.82) is 0 Å². The number of likely N-dealkylation sites (N-methyl/N-ethyl adjacent to an activating group) is 1. The van der Waals surface area contributed by atoms with Crippen LogP contribution in [0, 0.1) is 6.92 Å². The van der Waals surface area contributed by atoms with Crippen molar-refractivity contribution in [3.05, 3.63) is 99.2 Å². The minimum absolute atomic E-state index is 0.0624. The number of fused-ring (bicyclic) bond motifs is 1. The quantitative estimate of drug-likeness (QED) is 0.197. The van der Waals surface area contributed by atoms with Crippen molar-refractivity contribution in [3.63, 3.8) is 0 Å². The zero-order chi connectivity index (χ0) is 32.8. The van der Waals surface area contributed by atoms with E-state index in [1.54, 1.807) is 56.6 Å². The number of hydrogen-bond donors (Lipinski definition) is 2. The number of hydrogen-bond acceptors (Lipinski definition) is 6. The molecule has 5 rings (SSSR count). The van der Waals surface area contributed by atoms with Crippen LogP contribution in [-0.4, -0.2) is 56.4 Å². The van der Waals surface area contributed by atoms with Crippen LogP contribution < -0.4 is 25.2 Å². The van der Waals surface area contributed by atoms with E-state index in [-0.39, 0.29) is 30.0 Å². The number of aryl methyl sites for hydroxylation is 1. The number of nitrogens with zero attached hydrogens (tertiary/aromatic N) is 3. The van der Waals surface area contributed by atoms with Gasteiger partial charge in [-0.3, -0.25) is 14.4 Å². The van der Waals surface area contributed by atoms with Gasteiger partial charge in [-0.2, -0.15) is 0 Å². The number of carbonyl (C=O) groups excluding carboxylic acids is 3. The summed E-state index contributed by atoms with van der Waals surface area (Å²) in [5.41, 5.74) is 5.03. The summed E-state index contributed by atoms with van der Waals surface area (Å²) >= 11 is 13.3. The highest BCUT2D eigenvalue weighted by Gasteiger charge is 2.21. The van der Waals surface area contributed by atoms with Crippen molar-refractivity contribution in [2.45, 2.75) is 26.4 Å². The first kappa shape index (κ1) is 32.8. The highest BCUT2D eigenvalue weighted by molar-refractivity contribution is 6.38. The molecule has 0 unspecified atom stereocenters. The van der Waals surface area contributed by atoms with Gasteiger partial charge in [0.05, 0.1) is 17.3 Å². The molecule has 0 saturated carbocycles. The third-order valence-corrected chi connectivity index (χ3v) is 8.65. The Morgan fingerprint density at radius 2 is 1.78 bits per heavy atom. The van der Waals surface area contributed by atoms with Gasteiger partial charge in [0.15, 0.2) is 0 Å². The third kappa shape index (κ3) is 7.43. The molecular weight excluding hydrogens is 625 g/mol. The molecular formula is C35H35Cl2N5O4. The Morgan fingerprint density at radius 3 is 2.50 bits per heavy atom. The van der Waals surface area contributed by atoms with E-state index in [0.29, 0.717) is 27.6 Å². The Hall–Kier alpha value is -4.60. The first-order valence-electron chi connectivity index (χ1n) is 15.0. The maximum atomic E-state index is 13.0. The van der Waals surface area contributed by atoms with E-state index in [1.807, 2.05) is 19.1 Å². The predicted octanol–water partition coefficient (Wildman–Crippen LogP) is 6.18. The fourth-order valence-electron chi connectivity index (χ4n) is 5.33. The van der Waals surface area contributed by atoms with Gasteiger partial charge >= 0.3 is 0 Å². The summed E-state index contributed by atoms with van der Waals surface area (Å²) in [6.45, 7) is 3.83. The van der Waals surface area contributed by atoms with Crippen molar-refractivity contribution >= 4 is 69.3 Å². The van der Waals surface area contributed by atoms with E-state index in [0.717, 1.165) is 40.9 Å². The number of rotatable bonds is 10. The Labute approximate surface area is 278 Å².